The molecule has 1 amide bonds. The van der Waals surface area contributed by atoms with Crippen molar-refractivity contribution in [1.29, 1.82) is 0 Å². The van der Waals surface area contributed by atoms with Crippen molar-refractivity contribution in [1.82, 2.24) is 4.57 Å². The molecule has 0 radical (unpaired) electrons. The maximum Gasteiger partial charge on any atom is 0.416 e. The molecular formula is C26H28N2O6. The van der Waals surface area contributed by atoms with Crippen molar-refractivity contribution in [2.75, 3.05) is 18.1 Å². The maximum atomic E-state index is 12.4. The average Bonchev–Trinajstić information content (AvgIpc) is 3.43. The molecule has 2 aromatic carbocycles. The topological polar surface area (TPSA) is 109 Å². The zero-order valence-corrected chi connectivity index (χ0v) is 19.2. The van der Waals surface area contributed by atoms with E-state index in [1.54, 1.807) is 0 Å². The van der Waals surface area contributed by atoms with Gasteiger partial charge in [-0.2, -0.15) is 0 Å². The van der Waals surface area contributed by atoms with Crippen LogP contribution in [0.3, 0.4) is 0 Å². The normalized spacial score (nSPS) is 15.1. The number of rotatable bonds is 6. The minimum absolute atomic E-state index is 0.204. The van der Waals surface area contributed by atoms with Crippen molar-refractivity contribution in [2.45, 2.75) is 26.9 Å². The van der Waals surface area contributed by atoms with Gasteiger partial charge in [0.2, 0.25) is 5.91 Å². The van der Waals surface area contributed by atoms with E-state index in [0.717, 1.165) is 23.4 Å². The Balaban J connectivity index is 0.000000248. The second-order valence-electron chi connectivity index (χ2n) is 8.17. The van der Waals surface area contributed by atoms with E-state index in [4.69, 9.17) is 14.9 Å². The molecule has 8 nitrogen and oxygen atoms in total. The number of anilines is 1. The van der Waals surface area contributed by atoms with Crippen molar-refractivity contribution < 1.29 is 29.3 Å². The van der Waals surface area contributed by atoms with E-state index < -0.39 is 12.1 Å². The highest BCUT2D eigenvalue weighted by Gasteiger charge is 2.32. The molecule has 1 aromatic heterocycles. The predicted molar refractivity (Wildman–Crippen MR) is 127 cm³/mol. The number of hydrogen-bond donors (Lipinski definition) is 2. The van der Waals surface area contributed by atoms with Gasteiger partial charge in [-0.05, 0) is 42.7 Å². The SMILES string of the molecule is Cc1cccc(C)c1N1CC(COCc2ccccc2)CC1=O.O=C(O)c1cccn1C(=O)O. The largest absolute Gasteiger partial charge is 0.477 e. The highest BCUT2D eigenvalue weighted by molar-refractivity contribution is 5.97. The van der Waals surface area contributed by atoms with Crippen LogP contribution in [0, 0.1) is 19.8 Å². The molecule has 0 saturated carbocycles. The fourth-order valence-corrected chi connectivity index (χ4v) is 3.98. The Kier molecular flexibility index (Phi) is 8.21. The van der Waals surface area contributed by atoms with Gasteiger partial charge in [-0.15, -0.1) is 0 Å². The summed E-state index contributed by atoms with van der Waals surface area (Å²) in [6.07, 6.45) is 0.446. The third-order valence-corrected chi connectivity index (χ3v) is 5.55. The number of amides is 1. The van der Waals surface area contributed by atoms with Crippen LogP contribution in [0.1, 0.15) is 33.6 Å². The lowest BCUT2D eigenvalue weighted by atomic mass is 10.1. The van der Waals surface area contributed by atoms with Crippen LogP contribution in [-0.2, 0) is 16.1 Å². The van der Waals surface area contributed by atoms with Crippen molar-refractivity contribution >= 4 is 23.7 Å². The maximum absolute atomic E-state index is 12.4. The summed E-state index contributed by atoms with van der Waals surface area (Å²) < 4.78 is 6.46. The summed E-state index contributed by atoms with van der Waals surface area (Å²) in [5.74, 6) is -0.779. The number of nitrogens with zero attached hydrogens (tertiary/aromatic N) is 2. The standard InChI is InChI=1S/C20H23NO2.C6H5NO4/c1-15-7-6-8-16(2)20(15)21-12-18(11-19(21)22)14-23-13-17-9-4-3-5-10-17;8-5(9)4-2-1-3-7(4)6(10)11/h3-10,18H,11-14H2,1-2H3;1-3H,(H,8,9)(H,10,11). The van der Waals surface area contributed by atoms with Gasteiger partial charge >= 0.3 is 12.1 Å². The van der Waals surface area contributed by atoms with Crippen LogP contribution in [0.25, 0.3) is 0 Å². The molecule has 1 unspecified atom stereocenters. The summed E-state index contributed by atoms with van der Waals surface area (Å²) in [5, 5.41) is 16.8. The van der Waals surface area contributed by atoms with Crippen molar-refractivity contribution in [2.24, 2.45) is 5.92 Å². The second kappa shape index (κ2) is 11.3. The third kappa shape index (κ3) is 6.11. The molecule has 0 aliphatic carbocycles. The van der Waals surface area contributed by atoms with E-state index in [2.05, 4.69) is 38.1 Å². The number of ether oxygens (including phenoxy) is 1. The van der Waals surface area contributed by atoms with Crippen LogP contribution < -0.4 is 4.90 Å². The smallest absolute Gasteiger partial charge is 0.416 e. The number of carbonyl (C=O) groups is 3. The van der Waals surface area contributed by atoms with E-state index >= 15 is 0 Å². The molecule has 4 rings (SSSR count). The minimum atomic E-state index is -1.30. The number of aromatic nitrogens is 1. The van der Waals surface area contributed by atoms with Crippen LogP contribution in [0.2, 0.25) is 0 Å². The minimum Gasteiger partial charge on any atom is -0.477 e. The zero-order valence-electron chi connectivity index (χ0n) is 19.2. The molecule has 178 valence electrons. The fraction of sp³-hybridized carbons (Fsp3) is 0.269. The molecule has 1 atom stereocenters. The van der Waals surface area contributed by atoms with Gasteiger partial charge in [-0.25, -0.2) is 14.2 Å². The Hall–Kier alpha value is -3.91. The molecular weight excluding hydrogens is 436 g/mol. The van der Waals surface area contributed by atoms with Gasteiger partial charge in [0.05, 0.1) is 13.2 Å². The van der Waals surface area contributed by atoms with Crippen molar-refractivity contribution in [3.63, 3.8) is 0 Å². The summed E-state index contributed by atoms with van der Waals surface area (Å²) in [7, 11) is 0. The molecule has 0 spiro atoms. The molecule has 2 N–H and O–H groups in total. The summed E-state index contributed by atoms with van der Waals surface area (Å²) >= 11 is 0. The van der Waals surface area contributed by atoms with Gasteiger partial charge in [-0.3, -0.25) is 4.79 Å². The zero-order chi connectivity index (χ0) is 24.7. The number of aromatic carboxylic acids is 1. The Labute approximate surface area is 198 Å². The lowest BCUT2D eigenvalue weighted by molar-refractivity contribution is -0.117. The number of para-hydroxylation sites is 1. The highest BCUT2D eigenvalue weighted by atomic mass is 16.5. The Morgan fingerprint density at radius 2 is 1.65 bits per heavy atom. The fourth-order valence-electron chi connectivity index (χ4n) is 3.98. The van der Waals surface area contributed by atoms with Crippen LogP contribution in [0.5, 0.6) is 0 Å². The first kappa shape index (κ1) is 24.7. The number of carboxylic acid groups (broad SMARTS) is 2. The van der Waals surface area contributed by atoms with Gasteiger partial charge < -0.3 is 19.8 Å². The van der Waals surface area contributed by atoms with Crippen LogP contribution in [0.15, 0.2) is 66.9 Å². The second-order valence-corrected chi connectivity index (χ2v) is 8.17. The first-order valence-electron chi connectivity index (χ1n) is 10.9. The molecule has 3 aromatic rings. The van der Waals surface area contributed by atoms with Gasteiger partial charge in [0.25, 0.3) is 0 Å². The van der Waals surface area contributed by atoms with Crippen molar-refractivity contribution in [3.8, 4) is 0 Å². The Morgan fingerprint density at radius 1 is 0.971 bits per heavy atom. The van der Waals surface area contributed by atoms with Gasteiger partial charge in [0.15, 0.2) is 0 Å². The molecule has 1 fully saturated rings. The quantitative estimate of drug-likeness (QED) is 0.552. The predicted octanol–water partition coefficient (Wildman–Crippen LogP) is 4.59. The molecule has 1 saturated heterocycles. The Bertz CT molecular complexity index is 1110. The number of carboxylic acids is 1. The van der Waals surface area contributed by atoms with Crippen LogP contribution in [-0.4, -0.2) is 45.9 Å². The first-order chi connectivity index (χ1) is 16.3. The lowest BCUT2D eigenvalue weighted by Gasteiger charge is -2.21. The summed E-state index contributed by atoms with van der Waals surface area (Å²) in [6, 6.07) is 18.9. The number of carbonyl (C=O) groups excluding carboxylic acids is 1. The first-order valence-corrected chi connectivity index (χ1v) is 10.9. The van der Waals surface area contributed by atoms with Crippen molar-refractivity contribution in [3.05, 3.63) is 89.2 Å². The molecule has 0 bridgehead atoms. The third-order valence-electron chi connectivity index (χ3n) is 5.55. The molecule has 8 heteroatoms. The Morgan fingerprint density at radius 3 is 2.24 bits per heavy atom. The summed E-state index contributed by atoms with van der Waals surface area (Å²) in [5.41, 5.74) is 4.30. The summed E-state index contributed by atoms with van der Waals surface area (Å²) in [4.78, 5) is 34.9. The van der Waals surface area contributed by atoms with E-state index in [-0.39, 0.29) is 17.5 Å². The number of aryl methyl sites for hydroxylation is 2. The lowest BCUT2D eigenvalue weighted by Crippen LogP contribution is -2.26. The van der Waals surface area contributed by atoms with E-state index in [1.165, 1.54) is 23.9 Å². The van der Waals surface area contributed by atoms with E-state index in [0.29, 0.717) is 24.2 Å². The molecule has 2 heterocycles. The van der Waals surface area contributed by atoms with Crippen LogP contribution >= 0.6 is 0 Å². The molecule has 1 aliphatic heterocycles. The average molecular weight is 465 g/mol. The monoisotopic (exact) mass is 464 g/mol. The molecule has 34 heavy (non-hydrogen) atoms. The van der Waals surface area contributed by atoms with Gasteiger partial charge in [-0.1, -0.05) is 48.5 Å². The van der Waals surface area contributed by atoms with Gasteiger partial charge in [0.1, 0.15) is 5.69 Å². The highest BCUT2D eigenvalue weighted by Crippen LogP contribution is 2.30. The number of hydrogen-bond acceptors (Lipinski definition) is 4. The summed E-state index contributed by atoms with van der Waals surface area (Å²) in [6.45, 7) is 6.11. The molecule has 1 aliphatic rings. The van der Waals surface area contributed by atoms with Crippen LogP contribution in [0.4, 0.5) is 10.5 Å². The van der Waals surface area contributed by atoms with Gasteiger partial charge in [0, 0.05) is 30.8 Å². The van der Waals surface area contributed by atoms with E-state index in [1.807, 2.05) is 29.2 Å². The van der Waals surface area contributed by atoms with E-state index in [9.17, 15) is 14.4 Å². The number of benzene rings is 2.